The van der Waals surface area contributed by atoms with Crippen LogP contribution in [0.3, 0.4) is 0 Å². The maximum atomic E-state index is 12.9. The molecule has 0 aliphatic carbocycles. The molecule has 6 nitrogen and oxygen atoms in total. The molecule has 0 fully saturated rings. The number of rotatable bonds is 4. The van der Waals surface area contributed by atoms with Gasteiger partial charge in [-0.25, -0.2) is 9.97 Å². The summed E-state index contributed by atoms with van der Waals surface area (Å²) in [6.45, 7) is 3.32. The third-order valence-electron chi connectivity index (χ3n) is 4.25. The number of aromatic nitrogens is 3. The highest BCUT2D eigenvalue weighted by molar-refractivity contribution is 8.00. The second-order valence-corrected chi connectivity index (χ2v) is 6.95. The molecule has 124 valence electrons. The number of carbonyl (C=O) groups excluding carboxylic acids is 1. The summed E-state index contributed by atoms with van der Waals surface area (Å²) in [6, 6.07) is 7.65. The topological polar surface area (TPSA) is 75.0 Å². The summed E-state index contributed by atoms with van der Waals surface area (Å²) in [4.78, 5) is 26.6. The third kappa shape index (κ3) is 2.80. The van der Waals surface area contributed by atoms with E-state index in [1.165, 1.54) is 11.8 Å². The molecular weight excluding hydrogens is 324 g/mol. The summed E-state index contributed by atoms with van der Waals surface area (Å²) in [5.41, 5.74) is 3.68. The Kier molecular flexibility index (Phi) is 4.02. The third-order valence-corrected chi connectivity index (χ3v) is 5.45. The van der Waals surface area contributed by atoms with Crippen LogP contribution in [0.25, 0.3) is 11.1 Å². The molecule has 0 unspecified atom stereocenters. The van der Waals surface area contributed by atoms with Crippen molar-refractivity contribution in [2.24, 2.45) is 0 Å². The van der Waals surface area contributed by atoms with Crippen molar-refractivity contribution in [2.45, 2.75) is 36.8 Å². The van der Waals surface area contributed by atoms with E-state index in [0.717, 1.165) is 35.3 Å². The van der Waals surface area contributed by atoms with Crippen molar-refractivity contribution >= 4 is 28.8 Å². The van der Waals surface area contributed by atoms with Gasteiger partial charge in [0.2, 0.25) is 5.91 Å². The number of H-pyrrole nitrogens is 1. The highest BCUT2D eigenvalue weighted by Crippen LogP contribution is 2.30. The Hall–Kier alpha value is -2.28. The van der Waals surface area contributed by atoms with Crippen LogP contribution in [0.5, 0.6) is 0 Å². The number of para-hydroxylation sites is 2. The number of hydrogen-bond acceptors (Lipinski definition) is 5. The predicted molar refractivity (Wildman–Crippen MR) is 91.7 cm³/mol. The molecule has 0 saturated carbocycles. The maximum Gasteiger partial charge on any atom is 0.257 e. The van der Waals surface area contributed by atoms with E-state index in [0.29, 0.717) is 18.3 Å². The normalized spacial score (nSPS) is 15.5. The van der Waals surface area contributed by atoms with Gasteiger partial charge in [-0.2, -0.15) is 0 Å². The first-order valence-corrected chi connectivity index (χ1v) is 8.94. The van der Waals surface area contributed by atoms with E-state index in [2.05, 4.69) is 15.0 Å². The minimum absolute atomic E-state index is 0.130. The summed E-state index contributed by atoms with van der Waals surface area (Å²) < 4.78 is 5.75. The summed E-state index contributed by atoms with van der Waals surface area (Å²) in [5.74, 6) is 0.130. The van der Waals surface area contributed by atoms with Gasteiger partial charge in [-0.1, -0.05) is 30.8 Å². The van der Waals surface area contributed by atoms with E-state index in [9.17, 15) is 4.79 Å². The van der Waals surface area contributed by atoms with Crippen LogP contribution in [0, 0.1) is 0 Å². The Bertz CT molecular complexity index is 839. The van der Waals surface area contributed by atoms with Crippen molar-refractivity contribution in [2.75, 3.05) is 6.54 Å². The van der Waals surface area contributed by atoms with Gasteiger partial charge in [0, 0.05) is 13.0 Å². The lowest BCUT2D eigenvalue weighted by atomic mass is 10.1. The van der Waals surface area contributed by atoms with Crippen molar-refractivity contribution in [3.05, 3.63) is 42.0 Å². The first-order chi connectivity index (χ1) is 11.7. The van der Waals surface area contributed by atoms with Crippen LogP contribution in [0.2, 0.25) is 0 Å². The fraction of sp³-hybridized carbons (Fsp3) is 0.353. The molecule has 1 N–H and O–H groups in total. The second-order valence-electron chi connectivity index (χ2n) is 5.80. The maximum absolute atomic E-state index is 12.9. The van der Waals surface area contributed by atoms with Gasteiger partial charge in [-0.05, 0) is 18.6 Å². The first kappa shape index (κ1) is 15.3. The standard InChI is InChI=1S/C17H18N4O2S/c1-2-15(24-17-20-12-5-3-4-6-14(12)23-17)16(22)21-8-7-11-13(9-21)19-10-18-11/h3-6,10,15H,2,7-9H2,1H3,(H,18,19)/t15-/m1/s1. The summed E-state index contributed by atoms with van der Waals surface area (Å²) in [7, 11) is 0. The number of thioether (sulfide) groups is 1. The molecule has 0 radical (unpaired) electrons. The van der Waals surface area contributed by atoms with Crippen LogP contribution in [0.4, 0.5) is 0 Å². The molecule has 1 aromatic carbocycles. The number of aromatic amines is 1. The van der Waals surface area contributed by atoms with Crippen LogP contribution in [-0.2, 0) is 17.8 Å². The van der Waals surface area contributed by atoms with Gasteiger partial charge in [0.05, 0.1) is 29.5 Å². The van der Waals surface area contributed by atoms with Gasteiger partial charge in [-0.15, -0.1) is 0 Å². The number of nitrogens with one attached hydrogen (secondary N) is 1. The lowest BCUT2D eigenvalue weighted by molar-refractivity contribution is -0.131. The van der Waals surface area contributed by atoms with E-state index in [1.54, 1.807) is 6.33 Å². The Labute approximate surface area is 143 Å². The summed E-state index contributed by atoms with van der Waals surface area (Å²) in [6.07, 6.45) is 3.23. The molecule has 1 aliphatic rings. The lowest BCUT2D eigenvalue weighted by Crippen LogP contribution is -2.41. The Morgan fingerprint density at radius 3 is 3.17 bits per heavy atom. The Balaban J connectivity index is 1.49. The monoisotopic (exact) mass is 342 g/mol. The minimum atomic E-state index is -0.192. The van der Waals surface area contributed by atoms with E-state index in [1.807, 2.05) is 36.1 Å². The van der Waals surface area contributed by atoms with E-state index in [-0.39, 0.29) is 11.2 Å². The van der Waals surface area contributed by atoms with Crippen LogP contribution in [-0.4, -0.2) is 37.6 Å². The van der Waals surface area contributed by atoms with Crippen LogP contribution in [0.15, 0.2) is 40.2 Å². The number of oxazole rings is 1. The van der Waals surface area contributed by atoms with Gasteiger partial charge in [0.15, 0.2) is 5.58 Å². The predicted octanol–water partition coefficient (Wildman–Crippen LogP) is 3.01. The molecule has 3 heterocycles. The molecule has 1 atom stereocenters. The fourth-order valence-electron chi connectivity index (χ4n) is 2.94. The molecule has 0 saturated heterocycles. The largest absolute Gasteiger partial charge is 0.431 e. The highest BCUT2D eigenvalue weighted by atomic mass is 32.2. The van der Waals surface area contributed by atoms with E-state index in [4.69, 9.17) is 4.42 Å². The smallest absolute Gasteiger partial charge is 0.257 e. The number of benzene rings is 1. The van der Waals surface area contributed by atoms with Gasteiger partial charge < -0.3 is 14.3 Å². The number of amides is 1. The molecule has 0 bridgehead atoms. The number of fused-ring (bicyclic) bond motifs is 2. The van der Waals surface area contributed by atoms with Crippen molar-refractivity contribution in [3.8, 4) is 0 Å². The molecule has 1 amide bonds. The van der Waals surface area contributed by atoms with E-state index >= 15 is 0 Å². The van der Waals surface area contributed by atoms with Gasteiger partial charge in [-0.3, -0.25) is 4.79 Å². The highest BCUT2D eigenvalue weighted by Gasteiger charge is 2.29. The van der Waals surface area contributed by atoms with Crippen molar-refractivity contribution < 1.29 is 9.21 Å². The second kappa shape index (κ2) is 6.32. The lowest BCUT2D eigenvalue weighted by Gasteiger charge is -2.29. The summed E-state index contributed by atoms with van der Waals surface area (Å²) >= 11 is 1.40. The fourth-order valence-corrected chi connectivity index (χ4v) is 3.88. The zero-order valence-electron chi connectivity index (χ0n) is 13.4. The van der Waals surface area contributed by atoms with Crippen molar-refractivity contribution in [3.63, 3.8) is 0 Å². The zero-order valence-corrected chi connectivity index (χ0v) is 14.2. The van der Waals surface area contributed by atoms with Crippen LogP contribution >= 0.6 is 11.8 Å². The number of carbonyl (C=O) groups is 1. The SMILES string of the molecule is CC[C@@H](Sc1nc2ccccc2o1)C(=O)N1CCc2nc[nH]c2C1. The van der Waals surface area contributed by atoms with E-state index < -0.39 is 0 Å². The van der Waals surface area contributed by atoms with Gasteiger partial charge in [0.1, 0.15) is 5.52 Å². The zero-order chi connectivity index (χ0) is 16.5. The Morgan fingerprint density at radius 1 is 1.46 bits per heavy atom. The Morgan fingerprint density at radius 2 is 2.33 bits per heavy atom. The molecule has 0 spiro atoms. The van der Waals surface area contributed by atoms with Crippen LogP contribution in [0.1, 0.15) is 24.7 Å². The number of nitrogens with zero attached hydrogens (tertiary/aromatic N) is 3. The van der Waals surface area contributed by atoms with Gasteiger partial charge >= 0.3 is 0 Å². The minimum Gasteiger partial charge on any atom is -0.431 e. The molecule has 7 heteroatoms. The molecular formula is C17H18N4O2S. The molecule has 2 aromatic heterocycles. The average molecular weight is 342 g/mol. The molecule has 3 aromatic rings. The van der Waals surface area contributed by atoms with Gasteiger partial charge in [0.25, 0.3) is 5.22 Å². The molecule has 1 aliphatic heterocycles. The van der Waals surface area contributed by atoms with Crippen molar-refractivity contribution in [1.29, 1.82) is 0 Å². The number of hydrogen-bond donors (Lipinski definition) is 1. The average Bonchev–Trinajstić information content (AvgIpc) is 3.24. The summed E-state index contributed by atoms with van der Waals surface area (Å²) in [5, 5.41) is 0.359. The molecule has 24 heavy (non-hydrogen) atoms. The number of imidazole rings is 1. The molecule has 4 rings (SSSR count). The first-order valence-electron chi connectivity index (χ1n) is 8.06. The quantitative estimate of drug-likeness (QED) is 0.738. The van der Waals surface area contributed by atoms with Crippen molar-refractivity contribution in [1.82, 2.24) is 19.9 Å². The van der Waals surface area contributed by atoms with Crippen LogP contribution < -0.4 is 0 Å².